The standard InChI is InChI=1S/C47H60N2Si3/c1-30-22-33(25-36(23-30)51(3)4)48-44-28-42(31-14-10-8-11-15-31)38-19-21-41-45(49-34-24-35(50-2)27-37(26-34)52(5,6)7)29-43(32-16-12-9-13-17-32)39-18-20-40(44)46(38)47(39)41/h18-29,31-32,48-49,51H,8-17,50H2,1-7H3. The lowest BCUT2D eigenvalue weighted by Crippen LogP contribution is -2.40. The molecule has 5 heteroatoms. The normalized spacial score (nSPS) is 16.7. The predicted octanol–water partition coefficient (Wildman–Crippen LogP) is 11.6. The molecule has 0 aromatic heterocycles. The van der Waals surface area contributed by atoms with Gasteiger partial charge in [-0.05, 0) is 119 Å². The zero-order valence-electron chi connectivity index (χ0n) is 32.9. The summed E-state index contributed by atoms with van der Waals surface area (Å²) < 4.78 is 0. The second-order valence-electron chi connectivity index (χ2n) is 17.8. The first kappa shape index (κ1) is 35.6. The van der Waals surface area contributed by atoms with E-state index < -0.39 is 16.9 Å². The number of hydrogen-bond acceptors (Lipinski definition) is 2. The topological polar surface area (TPSA) is 24.1 Å². The van der Waals surface area contributed by atoms with Crippen LogP contribution in [0.15, 0.2) is 72.8 Å². The lowest BCUT2D eigenvalue weighted by Gasteiger charge is -2.29. The van der Waals surface area contributed by atoms with Gasteiger partial charge in [0.05, 0.1) is 26.4 Å². The van der Waals surface area contributed by atoms with Crippen molar-refractivity contribution in [3.8, 4) is 0 Å². The molecule has 0 saturated heterocycles. The van der Waals surface area contributed by atoms with Gasteiger partial charge in [0, 0.05) is 33.5 Å². The molecule has 0 unspecified atom stereocenters. The minimum atomic E-state index is -1.47. The molecular formula is C47H60N2Si3. The highest BCUT2D eigenvalue weighted by atomic mass is 28.3. The Morgan fingerprint density at radius 2 is 1.10 bits per heavy atom. The monoisotopic (exact) mass is 736 g/mol. The molecule has 2 aliphatic rings. The average molecular weight is 737 g/mol. The van der Waals surface area contributed by atoms with Crippen molar-refractivity contribution in [1.29, 1.82) is 0 Å². The second-order valence-corrected chi connectivity index (χ2v) is 27.4. The molecular weight excluding hydrogens is 677 g/mol. The van der Waals surface area contributed by atoms with E-state index in [1.165, 1.54) is 130 Å². The van der Waals surface area contributed by atoms with Crippen LogP contribution in [-0.2, 0) is 0 Å². The first-order valence-corrected chi connectivity index (χ1v) is 29.2. The molecule has 0 aliphatic heterocycles. The van der Waals surface area contributed by atoms with Gasteiger partial charge in [-0.2, -0.15) is 0 Å². The van der Waals surface area contributed by atoms with E-state index >= 15 is 0 Å². The van der Waals surface area contributed by atoms with Crippen LogP contribution >= 0.6 is 0 Å². The fraction of sp³-hybridized carbons (Fsp3) is 0.404. The van der Waals surface area contributed by atoms with Gasteiger partial charge in [-0.25, -0.2) is 0 Å². The Bertz CT molecular complexity index is 2240. The molecule has 2 aliphatic carbocycles. The van der Waals surface area contributed by atoms with Crippen molar-refractivity contribution in [1.82, 2.24) is 0 Å². The van der Waals surface area contributed by atoms with Gasteiger partial charge in [0.1, 0.15) is 0 Å². The van der Waals surface area contributed by atoms with Gasteiger partial charge >= 0.3 is 0 Å². The number of aryl methyl sites for hydroxylation is 1. The third-order valence-electron chi connectivity index (χ3n) is 12.6. The highest BCUT2D eigenvalue weighted by Crippen LogP contribution is 2.49. The Morgan fingerprint density at radius 3 is 1.58 bits per heavy atom. The molecule has 0 amide bonds. The summed E-state index contributed by atoms with van der Waals surface area (Å²) in [5.74, 6) is 1.23. The van der Waals surface area contributed by atoms with Crippen LogP contribution in [0.4, 0.5) is 22.7 Å². The van der Waals surface area contributed by atoms with Gasteiger partial charge in [0.15, 0.2) is 0 Å². The maximum Gasteiger partial charge on any atom is 0.0776 e. The zero-order chi connectivity index (χ0) is 36.1. The fourth-order valence-corrected chi connectivity index (χ4v) is 13.1. The van der Waals surface area contributed by atoms with Gasteiger partial charge in [-0.1, -0.05) is 130 Å². The summed E-state index contributed by atoms with van der Waals surface area (Å²) in [6.45, 7) is 17.0. The van der Waals surface area contributed by atoms with Gasteiger partial charge in [0.2, 0.25) is 0 Å². The van der Waals surface area contributed by atoms with Crippen molar-refractivity contribution in [2.75, 3.05) is 10.6 Å². The Balaban J connectivity index is 1.39. The Labute approximate surface area is 318 Å². The Morgan fingerprint density at radius 1 is 0.596 bits per heavy atom. The molecule has 0 radical (unpaired) electrons. The summed E-state index contributed by atoms with van der Waals surface area (Å²) in [5.41, 5.74) is 9.58. The SMILES string of the molecule is C[SiH2]c1cc(Nc2cc(C3CCCCC3)c3ccc4c(Nc5cc(C)cc([SiH](C)C)c5)cc(C5CCCCC5)c5ccc2c3c45)cc([Si](C)(C)C)c1. The largest absolute Gasteiger partial charge is 0.355 e. The highest BCUT2D eigenvalue weighted by molar-refractivity contribution is 6.89. The van der Waals surface area contributed by atoms with E-state index in [4.69, 9.17) is 0 Å². The van der Waals surface area contributed by atoms with Crippen molar-refractivity contribution in [2.45, 2.75) is 122 Å². The summed E-state index contributed by atoms with van der Waals surface area (Å²) in [4.78, 5) is 0. The number of hydrogen-bond donors (Lipinski definition) is 2. The molecule has 2 nitrogen and oxygen atoms in total. The van der Waals surface area contributed by atoms with Crippen LogP contribution in [0.25, 0.3) is 32.3 Å². The predicted molar refractivity (Wildman–Crippen MR) is 242 cm³/mol. The molecule has 0 atom stereocenters. The maximum atomic E-state index is 4.11. The van der Waals surface area contributed by atoms with Crippen LogP contribution in [-0.4, -0.2) is 26.4 Å². The highest BCUT2D eigenvalue weighted by Gasteiger charge is 2.26. The summed E-state index contributed by atoms with van der Waals surface area (Å²) in [6, 6.07) is 29.8. The fourth-order valence-electron chi connectivity index (χ4n) is 9.69. The van der Waals surface area contributed by atoms with Crippen LogP contribution in [0.5, 0.6) is 0 Å². The summed E-state index contributed by atoms with van der Waals surface area (Å²) >= 11 is 0. The number of rotatable bonds is 9. The average Bonchev–Trinajstić information content (AvgIpc) is 3.14. The molecule has 0 spiro atoms. The van der Waals surface area contributed by atoms with E-state index in [-0.39, 0.29) is 9.52 Å². The molecule has 2 fully saturated rings. The molecule has 2 saturated carbocycles. The lowest BCUT2D eigenvalue weighted by molar-refractivity contribution is 0.445. The molecule has 8 rings (SSSR count). The van der Waals surface area contributed by atoms with Crippen molar-refractivity contribution >= 4 is 97.0 Å². The first-order chi connectivity index (χ1) is 25.1. The van der Waals surface area contributed by atoms with Crippen LogP contribution in [0, 0.1) is 6.92 Å². The van der Waals surface area contributed by atoms with E-state index in [9.17, 15) is 0 Å². The van der Waals surface area contributed by atoms with Gasteiger partial charge in [-0.3, -0.25) is 0 Å². The van der Waals surface area contributed by atoms with Gasteiger partial charge in [0.25, 0.3) is 0 Å². The third kappa shape index (κ3) is 6.89. The minimum absolute atomic E-state index is 0.280. The lowest BCUT2D eigenvalue weighted by atomic mass is 9.77. The van der Waals surface area contributed by atoms with E-state index in [0.717, 1.165) is 0 Å². The van der Waals surface area contributed by atoms with Crippen molar-refractivity contribution < 1.29 is 0 Å². The van der Waals surface area contributed by atoms with Gasteiger partial charge in [-0.15, -0.1) is 0 Å². The molecule has 52 heavy (non-hydrogen) atoms. The summed E-state index contributed by atoms with van der Waals surface area (Å²) in [6.07, 6.45) is 13.3. The second kappa shape index (κ2) is 14.4. The van der Waals surface area contributed by atoms with Crippen LogP contribution in [0.3, 0.4) is 0 Å². The van der Waals surface area contributed by atoms with Crippen LogP contribution in [0.2, 0.25) is 39.3 Å². The number of anilines is 4. The summed E-state index contributed by atoms with van der Waals surface area (Å²) in [7, 11) is -2.69. The zero-order valence-corrected chi connectivity index (χ0v) is 36.5. The Hall–Kier alpha value is -3.39. The van der Waals surface area contributed by atoms with Crippen molar-refractivity contribution in [3.63, 3.8) is 0 Å². The van der Waals surface area contributed by atoms with E-state index in [1.54, 1.807) is 21.5 Å². The third-order valence-corrected chi connectivity index (χ3v) is 17.6. The molecule has 0 bridgehead atoms. The van der Waals surface area contributed by atoms with E-state index in [1.807, 2.05) is 0 Å². The smallest absolute Gasteiger partial charge is 0.0776 e. The number of nitrogens with one attached hydrogen (secondary N) is 2. The van der Waals surface area contributed by atoms with Crippen molar-refractivity contribution in [3.05, 3.63) is 89.5 Å². The summed E-state index contributed by atoms with van der Waals surface area (Å²) in [5, 5.41) is 21.5. The molecule has 6 aromatic carbocycles. The van der Waals surface area contributed by atoms with Crippen molar-refractivity contribution in [2.24, 2.45) is 0 Å². The molecule has 2 N–H and O–H groups in total. The van der Waals surface area contributed by atoms with Crippen LogP contribution in [0.1, 0.15) is 92.7 Å². The maximum absolute atomic E-state index is 4.11. The van der Waals surface area contributed by atoms with E-state index in [0.29, 0.717) is 11.8 Å². The minimum Gasteiger partial charge on any atom is -0.355 e. The Kier molecular flexibility index (Phi) is 9.90. The number of benzene rings is 6. The first-order valence-electron chi connectivity index (χ1n) is 20.7. The molecule has 270 valence electrons. The molecule has 6 aromatic rings. The molecule has 0 heterocycles. The quantitative estimate of drug-likeness (QED) is 0.114. The van der Waals surface area contributed by atoms with Gasteiger partial charge < -0.3 is 10.6 Å². The van der Waals surface area contributed by atoms with E-state index in [2.05, 4.69) is 130 Å². The van der Waals surface area contributed by atoms with Crippen LogP contribution < -0.4 is 26.2 Å².